The van der Waals surface area contributed by atoms with Gasteiger partial charge in [0.25, 0.3) is 11.8 Å². The summed E-state index contributed by atoms with van der Waals surface area (Å²) in [4.78, 5) is 37.6. The second-order valence-corrected chi connectivity index (χ2v) is 6.89. The zero-order chi connectivity index (χ0) is 20.1. The van der Waals surface area contributed by atoms with E-state index in [0.29, 0.717) is 28.3 Å². The van der Waals surface area contributed by atoms with Crippen molar-refractivity contribution in [2.45, 2.75) is 12.8 Å². The first-order valence-electron chi connectivity index (χ1n) is 8.52. The van der Waals surface area contributed by atoms with Crippen LogP contribution in [0.4, 0.5) is 5.69 Å². The lowest BCUT2D eigenvalue weighted by molar-refractivity contribution is -0.121. The van der Waals surface area contributed by atoms with Gasteiger partial charge in [0, 0.05) is 23.7 Å². The van der Waals surface area contributed by atoms with Crippen LogP contribution in [0, 0.1) is 0 Å². The van der Waals surface area contributed by atoms with E-state index in [0.717, 1.165) is 4.90 Å². The van der Waals surface area contributed by atoms with Crippen LogP contribution < -0.4 is 16.2 Å². The van der Waals surface area contributed by atoms with Crippen LogP contribution >= 0.6 is 23.8 Å². The summed E-state index contributed by atoms with van der Waals surface area (Å²) in [5.74, 6) is -0.969. The molecule has 0 spiro atoms. The predicted octanol–water partition coefficient (Wildman–Crippen LogP) is 2.73. The highest BCUT2D eigenvalue weighted by Gasteiger charge is 2.34. The zero-order valence-electron chi connectivity index (χ0n) is 14.7. The summed E-state index contributed by atoms with van der Waals surface area (Å²) in [6, 6.07) is 13.7. The van der Waals surface area contributed by atoms with Gasteiger partial charge in [0.05, 0.1) is 11.1 Å². The first-order valence-corrected chi connectivity index (χ1v) is 9.31. The molecule has 3 N–H and O–H groups in total. The van der Waals surface area contributed by atoms with Gasteiger partial charge in [-0.1, -0.05) is 29.8 Å². The molecule has 0 unspecified atom stereocenters. The van der Waals surface area contributed by atoms with Crippen LogP contribution in [0.5, 0.6) is 0 Å². The molecule has 0 aromatic heterocycles. The Kier molecular flexibility index (Phi) is 6.23. The van der Waals surface area contributed by atoms with Gasteiger partial charge in [-0.3, -0.25) is 30.1 Å². The fourth-order valence-electron chi connectivity index (χ4n) is 2.76. The van der Waals surface area contributed by atoms with E-state index >= 15 is 0 Å². The van der Waals surface area contributed by atoms with Crippen molar-refractivity contribution in [3.8, 4) is 0 Å². The summed E-state index contributed by atoms with van der Waals surface area (Å²) in [5, 5.41) is 3.65. The van der Waals surface area contributed by atoms with Gasteiger partial charge in [0.1, 0.15) is 0 Å². The molecule has 0 saturated heterocycles. The van der Waals surface area contributed by atoms with Crippen molar-refractivity contribution in [2.75, 3.05) is 11.9 Å². The number of nitrogens with zero attached hydrogens (tertiary/aromatic N) is 1. The molecule has 2 aromatic rings. The monoisotopic (exact) mass is 416 g/mol. The molecule has 0 atom stereocenters. The molecular formula is C19H17ClN4O3S. The van der Waals surface area contributed by atoms with Crippen LogP contribution in [-0.2, 0) is 4.79 Å². The fourth-order valence-corrected chi connectivity index (χ4v) is 3.12. The van der Waals surface area contributed by atoms with Crippen LogP contribution in [0.2, 0.25) is 5.02 Å². The highest BCUT2D eigenvalue weighted by molar-refractivity contribution is 7.80. The van der Waals surface area contributed by atoms with Gasteiger partial charge in [0.15, 0.2) is 5.11 Å². The van der Waals surface area contributed by atoms with Crippen LogP contribution in [-0.4, -0.2) is 34.3 Å². The number of anilines is 1. The Morgan fingerprint density at radius 2 is 1.68 bits per heavy atom. The van der Waals surface area contributed by atoms with Crippen LogP contribution in [0.25, 0.3) is 0 Å². The van der Waals surface area contributed by atoms with E-state index in [2.05, 4.69) is 16.2 Å². The topological polar surface area (TPSA) is 90.5 Å². The number of carbonyl (C=O) groups is 3. The maximum atomic E-state index is 12.3. The molecule has 7 nitrogen and oxygen atoms in total. The average Bonchev–Trinajstić information content (AvgIpc) is 2.91. The van der Waals surface area contributed by atoms with Gasteiger partial charge in [-0.15, -0.1) is 0 Å². The number of hydrogen-bond donors (Lipinski definition) is 3. The van der Waals surface area contributed by atoms with E-state index in [1.165, 1.54) is 0 Å². The Morgan fingerprint density at radius 3 is 2.32 bits per heavy atom. The maximum absolute atomic E-state index is 12.3. The molecule has 28 heavy (non-hydrogen) atoms. The number of benzene rings is 2. The molecule has 1 aliphatic rings. The lowest BCUT2D eigenvalue weighted by atomic mass is 10.1. The third-order valence-corrected chi connectivity index (χ3v) is 4.50. The van der Waals surface area contributed by atoms with E-state index in [1.54, 1.807) is 48.5 Å². The van der Waals surface area contributed by atoms with Crippen LogP contribution in [0.3, 0.4) is 0 Å². The summed E-state index contributed by atoms with van der Waals surface area (Å²) in [5.41, 5.74) is 6.54. The second-order valence-electron chi connectivity index (χ2n) is 6.05. The number of nitrogens with one attached hydrogen (secondary N) is 3. The molecule has 144 valence electrons. The first-order chi connectivity index (χ1) is 13.5. The largest absolute Gasteiger partial charge is 0.331 e. The number of amides is 3. The van der Waals surface area contributed by atoms with Crippen molar-refractivity contribution >= 4 is 52.3 Å². The number of carbonyl (C=O) groups excluding carboxylic acids is 3. The van der Waals surface area contributed by atoms with Crippen molar-refractivity contribution in [2.24, 2.45) is 0 Å². The quantitative estimate of drug-likeness (QED) is 0.394. The predicted molar refractivity (Wildman–Crippen MR) is 110 cm³/mol. The zero-order valence-corrected chi connectivity index (χ0v) is 16.3. The summed E-state index contributed by atoms with van der Waals surface area (Å²) in [6.07, 6.45) is 0.466. The third kappa shape index (κ3) is 4.65. The fraction of sp³-hybridized carbons (Fsp3) is 0.158. The molecule has 2 aromatic carbocycles. The van der Waals surface area contributed by atoms with Gasteiger partial charge in [-0.05, 0) is 49.0 Å². The van der Waals surface area contributed by atoms with Crippen LogP contribution in [0.15, 0.2) is 48.5 Å². The minimum Gasteiger partial charge on any atom is -0.331 e. The Labute approximate surface area is 172 Å². The molecule has 9 heteroatoms. The number of thiocarbonyl (C=S) groups is 1. The Hall–Kier alpha value is -2.97. The molecule has 0 fully saturated rings. The number of fused-ring (bicyclic) bond motifs is 1. The molecule has 0 bridgehead atoms. The second kappa shape index (κ2) is 8.81. The minimum absolute atomic E-state index is 0.125. The molecule has 1 aliphatic heterocycles. The average molecular weight is 417 g/mol. The highest BCUT2D eigenvalue weighted by Crippen LogP contribution is 2.22. The van der Waals surface area contributed by atoms with E-state index < -0.39 is 0 Å². The summed E-state index contributed by atoms with van der Waals surface area (Å²) in [7, 11) is 0. The lowest BCUT2D eigenvalue weighted by Crippen LogP contribution is -2.44. The summed E-state index contributed by atoms with van der Waals surface area (Å²) < 4.78 is 0. The first kappa shape index (κ1) is 19.8. The summed E-state index contributed by atoms with van der Waals surface area (Å²) in [6.45, 7) is 0.172. The molecule has 0 saturated carbocycles. The van der Waals surface area contributed by atoms with Gasteiger partial charge in [-0.2, -0.15) is 0 Å². The van der Waals surface area contributed by atoms with Gasteiger partial charge >= 0.3 is 0 Å². The van der Waals surface area contributed by atoms with E-state index in [1.807, 2.05) is 0 Å². The molecular weight excluding hydrogens is 400 g/mol. The number of hydrazine groups is 1. The molecule has 0 radical (unpaired) electrons. The SMILES string of the molecule is O=C(CCCN1C(=O)c2ccccc2C1=O)NNC(=S)Nc1cccc(Cl)c1. The minimum atomic E-state index is -0.328. The number of rotatable bonds is 5. The lowest BCUT2D eigenvalue weighted by Gasteiger charge is -2.14. The van der Waals surface area contributed by atoms with E-state index in [-0.39, 0.29) is 35.8 Å². The van der Waals surface area contributed by atoms with E-state index in [9.17, 15) is 14.4 Å². The Morgan fingerprint density at radius 1 is 1.00 bits per heavy atom. The molecule has 1 heterocycles. The molecule has 3 rings (SSSR count). The Bertz CT molecular complexity index is 915. The molecule has 0 aliphatic carbocycles. The highest BCUT2D eigenvalue weighted by atomic mass is 35.5. The van der Waals surface area contributed by atoms with Crippen molar-refractivity contribution in [3.05, 3.63) is 64.7 Å². The smallest absolute Gasteiger partial charge is 0.261 e. The van der Waals surface area contributed by atoms with Crippen molar-refractivity contribution < 1.29 is 14.4 Å². The summed E-state index contributed by atoms with van der Waals surface area (Å²) >= 11 is 11.0. The van der Waals surface area contributed by atoms with E-state index in [4.69, 9.17) is 23.8 Å². The number of imide groups is 1. The van der Waals surface area contributed by atoms with Gasteiger partial charge < -0.3 is 5.32 Å². The number of halogens is 1. The standard InChI is InChI=1S/C19H17ClN4O3S/c20-12-5-3-6-13(11-12)21-19(28)23-22-16(25)9-4-10-24-17(26)14-7-1-2-8-15(14)18(24)27/h1-3,5-8,11H,4,9-10H2,(H,22,25)(H2,21,23,28). The molecule has 3 amide bonds. The third-order valence-electron chi connectivity index (χ3n) is 4.06. The Balaban J connectivity index is 1.40. The van der Waals surface area contributed by atoms with Gasteiger partial charge in [-0.25, -0.2) is 0 Å². The van der Waals surface area contributed by atoms with Crippen molar-refractivity contribution in [1.29, 1.82) is 0 Å². The number of hydrogen-bond acceptors (Lipinski definition) is 4. The van der Waals surface area contributed by atoms with Crippen LogP contribution in [0.1, 0.15) is 33.6 Å². The maximum Gasteiger partial charge on any atom is 0.261 e. The van der Waals surface area contributed by atoms with Gasteiger partial charge in [0.2, 0.25) is 5.91 Å². The normalized spacial score (nSPS) is 12.5. The van der Waals surface area contributed by atoms with Crippen molar-refractivity contribution in [1.82, 2.24) is 15.8 Å². The van der Waals surface area contributed by atoms with Crippen molar-refractivity contribution in [3.63, 3.8) is 0 Å².